The predicted molar refractivity (Wildman–Crippen MR) is 81.1 cm³/mol. The molecule has 1 amide bonds. The van der Waals surface area contributed by atoms with Crippen LogP contribution in [0.5, 0.6) is 0 Å². The van der Waals surface area contributed by atoms with E-state index in [1.807, 2.05) is 31.2 Å². The lowest BCUT2D eigenvalue weighted by Gasteiger charge is -2.13. The van der Waals surface area contributed by atoms with Crippen molar-refractivity contribution in [1.82, 2.24) is 5.32 Å². The molecule has 0 radical (unpaired) electrons. The SMILES string of the molecule is CCCOCc1ccccc1CNC(=O)C(N)CCC. The monoisotopic (exact) mass is 278 g/mol. The fourth-order valence-electron chi connectivity index (χ4n) is 1.95. The standard InChI is InChI=1S/C16H26N2O2/c1-3-7-15(17)16(19)18-11-13-8-5-6-9-14(13)12-20-10-4-2/h5-6,8-9,15H,3-4,7,10-12,17H2,1-2H3,(H,18,19). The first-order valence-electron chi connectivity index (χ1n) is 7.36. The van der Waals surface area contributed by atoms with Gasteiger partial charge in [0.2, 0.25) is 5.91 Å². The Kier molecular flexibility index (Phi) is 7.92. The van der Waals surface area contributed by atoms with Gasteiger partial charge < -0.3 is 15.8 Å². The lowest BCUT2D eigenvalue weighted by molar-refractivity contribution is -0.122. The van der Waals surface area contributed by atoms with E-state index < -0.39 is 6.04 Å². The van der Waals surface area contributed by atoms with Gasteiger partial charge in [0.05, 0.1) is 12.6 Å². The molecule has 1 atom stereocenters. The minimum atomic E-state index is -0.413. The van der Waals surface area contributed by atoms with Crippen molar-refractivity contribution in [2.24, 2.45) is 5.73 Å². The Balaban J connectivity index is 2.52. The lowest BCUT2D eigenvalue weighted by atomic mass is 10.1. The molecular formula is C16H26N2O2. The van der Waals surface area contributed by atoms with Crippen LogP contribution in [-0.4, -0.2) is 18.6 Å². The van der Waals surface area contributed by atoms with Gasteiger partial charge >= 0.3 is 0 Å². The van der Waals surface area contributed by atoms with E-state index in [1.165, 1.54) is 0 Å². The maximum absolute atomic E-state index is 11.8. The molecule has 1 aromatic carbocycles. The zero-order valence-corrected chi connectivity index (χ0v) is 12.5. The lowest BCUT2D eigenvalue weighted by Crippen LogP contribution is -2.40. The van der Waals surface area contributed by atoms with Gasteiger partial charge in [-0.15, -0.1) is 0 Å². The van der Waals surface area contributed by atoms with Crippen molar-refractivity contribution in [2.75, 3.05) is 6.61 Å². The molecule has 0 saturated heterocycles. The van der Waals surface area contributed by atoms with Gasteiger partial charge in [-0.05, 0) is 24.0 Å². The van der Waals surface area contributed by atoms with Gasteiger partial charge in [-0.25, -0.2) is 0 Å². The van der Waals surface area contributed by atoms with E-state index in [0.29, 0.717) is 19.6 Å². The van der Waals surface area contributed by atoms with Crippen molar-refractivity contribution in [3.63, 3.8) is 0 Å². The number of ether oxygens (including phenoxy) is 1. The van der Waals surface area contributed by atoms with E-state index in [4.69, 9.17) is 10.5 Å². The molecule has 0 spiro atoms. The van der Waals surface area contributed by atoms with E-state index in [0.717, 1.165) is 30.6 Å². The number of amides is 1. The third-order valence-electron chi connectivity index (χ3n) is 3.11. The summed E-state index contributed by atoms with van der Waals surface area (Å²) in [5, 5.41) is 2.89. The van der Waals surface area contributed by atoms with Crippen LogP contribution in [0.4, 0.5) is 0 Å². The second-order valence-electron chi connectivity index (χ2n) is 4.93. The normalized spacial score (nSPS) is 12.2. The largest absolute Gasteiger partial charge is 0.377 e. The zero-order chi connectivity index (χ0) is 14.8. The smallest absolute Gasteiger partial charge is 0.237 e. The summed E-state index contributed by atoms with van der Waals surface area (Å²) in [6.45, 7) is 5.94. The molecule has 0 heterocycles. The molecule has 4 heteroatoms. The third kappa shape index (κ3) is 5.72. The van der Waals surface area contributed by atoms with Crippen molar-refractivity contribution in [3.8, 4) is 0 Å². The van der Waals surface area contributed by atoms with E-state index in [9.17, 15) is 4.79 Å². The Morgan fingerprint density at radius 1 is 1.25 bits per heavy atom. The third-order valence-corrected chi connectivity index (χ3v) is 3.11. The van der Waals surface area contributed by atoms with Gasteiger partial charge in [0.15, 0.2) is 0 Å². The first kappa shape index (κ1) is 16.7. The summed E-state index contributed by atoms with van der Waals surface area (Å²) in [7, 11) is 0. The average Bonchev–Trinajstić information content (AvgIpc) is 2.46. The van der Waals surface area contributed by atoms with Gasteiger partial charge in [0, 0.05) is 13.2 Å². The number of rotatable bonds is 9. The predicted octanol–water partition coefficient (Wildman–Crippen LogP) is 2.36. The maximum atomic E-state index is 11.8. The average molecular weight is 278 g/mol. The highest BCUT2D eigenvalue weighted by Crippen LogP contribution is 2.10. The van der Waals surface area contributed by atoms with Gasteiger partial charge in [-0.1, -0.05) is 44.5 Å². The van der Waals surface area contributed by atoms with Crippen LogP contribution in [0.2, 0.25) is 0 Å². The minimum Gasteiger partial charge on any atom is -0.377 e. The molecule has 1 aromatic rings. The molecule has 0 aromatic heterocycles. The molecule has 3 N–H and O–H groups in total. The van der Waals surface area contributed by atoms with Crippen LogP contribution >= 0.6 is 0 Å². The first-order valence-corrected chi connectivity index (χ1v) is 7.36. The van der Waals surface area contributed by atoms with Crippen molar-refractivity contribution in [3.05, 3.63) is 35.4 Å². The van der Waals surface area contributed by atoms with Crippen LogP contribution in [0, 0.1) is 0 Å². The first-order chi connectivity index (χ1) is 9.69. The molecular weight excluding hydrogens is 252 g/mol. The number of nitrogens with two attached hydrogens (primary N) is 1. The highest BCUT2D eigenvalue weighted by atomic mass is 16.5. The van der Waals surface area contributed by atoms with Gasteiger partial charge in [0.25, 0.3) is 0 Å². The van der Waals surface area contributed by atoms with Crippen molar-refractivity contribution in [1.29, 1.82) is 0 Å². The van der Waals surface area contributed by atoms with E-state index in [1.54, 1.807) is 0 Å². The van der Waals surface area contributed by atoms with Gasteiger partial charge in [-0.3, -0.25) is 4.79 Å². The topological polar surface area (TPSA) is 64.3 Å². The maximum Gasteiger partial charge on any atom is 0.237 e. The fraction of sp³-hybridized carbons (Fsp3) is 0.562. The van der Waals surface area contributed by atoms with Crippen LogP contribution in [0.1, 0.15) is 44.2 Å². The molecule has 0 saturated carbocycles. The molecule has 1 rings (SSSR count). The molecule has 0 fully saturated rings. The van der Waals surface area contributed by atoms with Crippen LogP contribution in [-0.2, 0) is 22.7 Å². The molecule has 0 aliphatic carbocycles. The number of hydrogen-bond donors (Lipinski definition) is 2. The van der Waals surface area contributed by atoms with Crippen LogP contribution in [0.3, 0.4) is 0 Å². The molecule has 0 aliphatic heterocycles. The van der Waals surface area contributed by atoms with Gasteiger partial charge in [0.1, 0.15) is 0 Å². The summed E-state index contributed by atoms with van der Waals surface area (Å²) >= 11 is 0. The molecule has 0 bridgehead atoms. The van der Waals surface area contributed by atoms with E-state index >= 15 is 0 Å². The van der Waals surface area contributed by atoms with Gasteiger partial charge in [-0.2, -0.15) is 0 Å². The quantitative estimate of drug-likeness (QED) is 0.682. The second-order valence-corrected chi connectivity index (χ2v) is 4.93. The minimum absolute atomic E-state index is 0.0869. The molecule has 4 nitrogen and oxygen atoms in total. The summed E-state index contributed by atoms with van der Waals surface area (Å²) in [5.41, 5.74) is 7.99. The van der Waals surface area contributed by atoms with Crippen molar-refractivity contribution < 1.29 is 9.53 Å². The summed E-state index contributed by atoms with van der Waals surface area (Å²) < 4.78 is 5.56. The Bertz CT molecular complexity index is 407. The van der Waals surface area contributed by atoms with E-state index in [2.05, 4.69) is 12.2 Å². The number of benzene rings is 1. The molecule has 1 unspecified atom stereocenters. The van der Waals surface area contributed by atoms with Crippen LogP contribution < -0.4 is 11.1 Å². The number of nitrogens with one attached hydrogen (secondary N) is 1. The number of carbonyl (C=O) groups excluding carboxylic acids is 1. The number of hydrogen-bond acceptors (Lipinski definition) is 3. The van der Waals surface area contributed by atoms with Crippen molar-refractivity contribution >= 4 is 5.91 Å². The molecule has 20 heavy (non-hydrogen) atoms. The zero-order valence-electron chi connectivity index (χ0n) is 12.5. The van der Waals surface area contributed by atoms with Crippen molar-refractivity contribution in [2.45, 2.75) is 52.3 Å². The Morgan fingerprint density at radius 2 is 1.95 bits per heavy atom. The summed E-state index contributed by atoms with van der Waals surface area (Å²) in [4.78, 5) is 11.8. The Hall–Kier alpha value is -1.39. The summed E-state index contributed by atoms with van der Waals surface area (Å²) in [6, 6.07) is 7.58. The van der Waals surface area contributed by atoms with E-state index in [-0.39, 0.29) is 5.91 Å². The summed E-state index contributed by atoms with van der Waals surface area (Å²) in [5.74, 6) is -0.0869. The Morgan fingerprint density at radius 3 is 2.60 bits per heavy atom. The summed E-state index contributed by atoms with van der Waals surface area (Å²) in [6.07, 6.45) is 2.63. The molecule has 112 valence electrons. The van der Waals surface area contributed by atoms with Crippen LogP contribution in [0.15, 0.2) is 24.3 Å². The Labute approximate surface area is 121 Å². The number of carbonyl (C=O) groups is 1. The molecule has 0 aliphatic rings. The second kappa shape index (κ2) is 9.50. The highest BCUT2D eigenvalue weighted by molar-refractivity contribution is 5.81. The highest BCUT2D eigenvalue weighted by Gasteiger charge is 2.12. The van der Waals surface area contributed by atoms with Crippen LogP contribution in [0.25, 0.3) is 0 Å². The fourth-order valence-corrected chi connectivity index (χ4v) is 1.95.